The number of nitro groups is 3. The Hall–Kier alpha value is -4.42. The van der Waals surface area contributed by atoms with Gasteiger partial charge in [0.1, 0.15) is 0 Å². The molecule has 0 heterocycles. The number of nitro benzene ring substituents is 3. The Bertz CT molecular complexity index is 815. The number of hydrogen-bond acceptors (Lipinski definition) is 8. The summed E-state index contributed by atoms with van der Waals surface area (Å²) in [5.74, 6) is -0.0396. The molecule has 2 rings (SSSR count). The molecule has 0 aromatic heterocycles. The van der Waals surface area contributed by atoms with Crippen molar-refractivity contribution in [3.8, 4) is 0 Å². The number of non-ortho nitro benzene ring substituents is 3. The van der Waals surface area contributed by atoms with E-state index < -0.39 is 31.8 Å². The minimum absolute atomic E-state index is 0.0396. The van der Waals surface area contributed by atoms with Crippen molar-refractivity contribution in [2.24, 2.45) is 21.7 Å². The van der Waals surface area contributed by atoms with Crippen LogP contribution in [0.3, 0.4) is 0 Å². The van der Waals surface area contributed by atoms with E-state index in [1.807, 2.05) is 30.3 Å². The van der Waals surface area contributed by atoms with Gasteiger partial charge in [-0.2, -0.15) is 5.10 Å². The molecule has 4 N–H and O–H groups in total. The Labute approximate surface area is 151 Å². The summed E-state index contributed by atoms with van der Waals surface area (Å²) in [4.78, 5) is 28.1. The zero-order valence-corrected chi connectivity index (χ0v) is 13.5. The molecule has 0 aliphatic heterocycles. The van der Waals surface area contributed by atoms with E-state index in [1.165, 1.54) is 0 Å². The van der Waals surface area contributed by atoms with E-state index in [9.17, 15) is 30.3 Å². The van der Waals surface area contributed by atoms with Gasteiger partial charge in [-0.1, -0.05) is 30.3 Å². The molecular formula is C14H13N7O6. The van der Waals surface area contributed by atoms with Gasteiger partial charge in [-0.05, 0) is 5.56 Å². The minimum atomic E-state index is -0.931. The summed E-state index contributed by atoms with van der Waals surface area (Å²) in [6, 6.07) is 11.6. The van der Waals surface area contributed by atoms with E-state index in [2.05, 4.69) is 10.2 Å². The number of nitrogens with zero attached hydrogens (tertiary/aromatic N) is 5. The predicted octanol–water partition coefficient (Wildman–Crippen LogP) is 1.71. The molecule has 13 heteroatoms. The largest absolute Gasteiger partial charge is 0.369 e. The average Bonchev–Trinajstić information content (AvgIpc) is 2.62. The van der Waals surface area contributed by atoms with Crippen molar-refractivity contribution in [2.75, 3.05) is 0 Å². The van der Waals surface area contributed by atoms with Crippen LogP contribution in [0.5, 0.6) is 0 Å². The Balaban J connectivity index is 0.000000277. The molecule has 0 spiro atoms. The smallest absolute Gasteiger partial charge is 0.283 e. The van der Waals surface area contributed by atoms with Crippen LogP contribution < -0.4 is 11.5 Å². The maximum Gasteiger partial charge on any atom is 0.283 e. The second-order valence-corrected chi connectivity index (χ2v) is 4.66. The third kappa shape index (κ3) is 7.34. The van der Waals surface area contributed by atoms with Crippen molar-refractivity contribution in [3.63, 3.8) is 0 Å². The summed E-state index contributed by atoms with van der Waals surface area (Å²) in [6.45, 7) is 0. The van der Waals surface area contributed by atoms with Crippen LogP contribution in [0.1, 0.15) is 5.56 Å². The molecule has 2 aromatic rings. The molecule has 0 saturated heterocycles. The van der Waals surface area contributed by atoms with Crippen LogP contribution in [0, 0.1) is 30.3 Å². The van der Waals surface area contributed by atoms with Crippen molar-refractivity contribution in [1.82, 2.24) is 0 Å². The summed E-state index contributed by atoms with van der Waals surface area (Å²) < 4.78 is 0. The monoisotopic (exact) mass is 375 g/mol. The summed E-state index contributed by atoms with van der Waals surface area (Å²) in [6.07, 6.45) is 1.58. The van der Waals surface area contributed by atoms with Gasteiger partial charge >= 0.3 is 0 Å². The Morgan fingerprint density at radius 3 is 1.56 bits per heavy atom. The molecule has 13 nitrogen and oxygen atoms in total. The van der Waals surface area contributed by atoms with Crippen LogP contribution in [0.15, 0.2) is 58.7 Å². The number of nitrogens with two attached hydrogens (primary N) is 2. The normalized spacial score (nSPS) is 9.78. The van der Waals surface area contributed by atoms with Gasteiger partial charge in [-0.15, -0.1) is 5.10 Å². The molecule has 0 aliphatic rings. The highest BCUT2D eigenvalue weighted by Gasteiger charge is 2.21. The summed E-state index contributed by atoms with van der Waals surface area (Å²) in [7, 11) is 0. The maximum atomic E-state index is 10.3. The SMILES string of the molecule is NC(N)=N/N=C/c1ccccc1.O=[N+]([O-])c1cc([N+](=O)[O-])cc([N+](=O)[O-])c1. The first-order valence-electron chi connectivity index (χ1n) is 6.96. The van der Waals surface area contributed by atoms with Gasteiger partial charge in [0.15, 0.2) is 0 Å². The lowest BCUT2D eigenvalue weighted by Gasteiger charge is -1.93. The second-order valence-electron chi connectivity index (χ2n) is 4.66. The molecule has 0 aliphatic carbocycles. The van der Waals surface area contributed by atoms with Crippen molar-refractivity contribution < 1.29 is 14.8 Å². The molecular weight excluding hydrogens is 362 g/mol. The first-order valence-corrected chi connectivity index (χ1v) is 6.96. The van der Waals surface area contributed by atoms with E-state index in [4.69, 9.17) is 11.5 Å². The summed E-state index contributed by atoms with van der Waals surface area (Å²) in [5.41, 5.74) is 9.05. The quantitative estimate of drug-likeness (QED) is 0.339. The van der Waals surface area contributed by atoms with Crippen LogP contribution in [0.25, 0.3) is 0 Å². The lowest BCUT2D eigenvalue weighted by atomic mass is 10.2. The van der Waals surface area contributed by atoms with Crippen LogP contribution in [-0.2, 0) is 0 Å². The fourth-order valence-electron chi connectivity index (χ4n) is 1.60. The first-order chi connectivity index (χ1) is 12.7. The highest BCUT2D eigenvalue weighted by atomic mass is 16.6. The lowest BCUT2D eigenvalue weighted by Crippen LogP contribution is -2.21. The van der Waals surface area contributed by atoms with Crippen LogP contribution in [-0.4, -0.2) is 26.9 Å². The first kappa shape index (κ1) is 20.6. The van der Waals surface area contributed by atoms with Gasteiger partial charge in [0.2, 0.25) is 5.96 Å². The van der Waals surface area contributed by atoms with E-state index in [-0.39, 0.29) is 5.96 Å². The predicted molar refractivity (Wildman–Crippen MR) is 96.3 cm³/mol. The third-order valence-corrected chi connectivity index (χ3v) is 2.70. The second kappa shape index (κ2) is 9.77. The van der Waals surface area contributed by atoms with Crippen molar-refractivity contribution in [1.29, 1.82) is 0 Å². The van der Waals surface area contributed by atoms with E-state index in [0.29, 0.717) is 18.2 Å². The van der Waals surface area contributed by atoms with Crippen molar-refractivity contribution >= 4 is 29.2 Å². The van der Waals surface area contributed by atoms with E-state index >= 15 is 0 Å². The van der Waals surface area contributed by atoms with Crippen LogP contribution >= 0.6 is 0 Å². The summed E-state index contributed by atoms with van der Waals surface area (Å²) in [5, 5.41) is 38.0. The molecule has 0 saturated carbocycles. The van der Waals surface area contributed by atoms with E-state index in [0.717, 1.165) is 5.56 Å². The zero-order chi connectivity index (χ0) is 20.4. The van der Waals surface area contributed by atoms with Gasteiger partial charge in [-0.25, -0.2) is 0 Å². The van der Waals surface area contributed by atoms with Crippen molar-refractivity contribution in [3.05, 3.63) is 84.4 Å². The molecule has 0 bridgehead atoms. The van der Waals surface area contributed by atoms with E-state index in [1.54, 1.807) is 6.21 Å². The van der Waals surface area contributed by atoms with Crippen molar-refractivity contribution in [2.45, 2.75) is 0 Å². The van der Waals surface area contributed by atoms with Gasteiger partial charge in [-0.3, -0.25) is 30.3 Å². The molecule has 0 amide bonds. The van der Waals surface area contributed by atoms with Gasteiger partial charge in [0, 0.05) is 0 Å². The Morgan fingerprint density at radius 2 is 1.22 bits per heavy atom. The van der Waals surface area contributed by atoms with Gasteiger partial charge < -0.3 is 11.5 Å². The number of hydrogen-bond donors (Lipinski definition) is 2. The fourth-order valence-corrected chi connectivity index (χ4v) is 1.60. The highest BCUT2D eigenvalue weighted by Crippen LogP contribution is 2.26. The molecule has 0 radical (unpaired) electrons. The molecule has 0 atom stereocenters. The molecule has 140 valence electrons. The van der Waals surface area contributed by atoms with Crippen LogP contribution in [0.2, 0.25) is 0 Å². The molecule has 27 heavy (non-hydrogen) atoms. The standard InChI is InChI=1S/C8H10N4.C6H3N3O6/c9-8(10)12-11-6-7-4-2-1-3-5-7;10-7(11)4-1-5(8(12)13)3-6(2-4)9(14)15/h1-6H,(H4,9,10,12);1-3H/b11-6+;. The van der Waals surface area contributed by atoms with Gasteiger partial charge in [0.05, 0.1) is 39.2 Å². The number of guanidine groups is 1. The third-order valence-electron chi connectivity index (χ3n) is 2.70. The maximum absolute atomic E-state index is 10.3. The topological polar surface area (TPSA) is 206 Å². The average molecular weight is 375 g/mol. The molecule has 0 unspecified atom stereocenters. The van der Waals surface area contributed by atoms with Gasteiger partial charge in [0.25, 0.3) is 17.1 Å². The highest BCUT2D eigenvalue weighted by molar-refractivity contribution is 5.81. The zero-order valence-electron chi connectivity index (χ0n) is 13.5. The molecule has 0 fully saturated rings. The Kier molecular flexibility index (Phi) is 7.47. The fraction of sp³-hybridized carbons (Fsp3) is 0. The number of benzene rings is 2. The summed E-state index contributed by atoms with van der Waals surface area (Å²) >= 11 is 0. The molecule has 2 aromatic carbocycles. The number of rotatable bonds is 5. The lowest BCUT2D eigenvalue weighted by molar-refractivity contribution is -0.403. The van der Waals surface area contributed by atoms with Crippen LogP contribution in [0.4, 0.5) is 17.1 Å². The Morgan fingerprint density at radius 1 is 0.815 bits per heavy atom. The minimum Gasteiger partial charge on any atom is -0.369 e.